The van der Waals surface area contributed by atoms with Crippen molar-refractivity contribution in [3.05, 3.63) is 62.3 Å². The molecule has 2 rings (SSSR count). The lowest BCUT2D eigenvalue weighted by molar-refractivity contribution is -0.116. The van der Waals surface area contributed by atoms with Crippen LogP contribution in [0, 0.1) is 0 Å². The lowest BCUT2D eigenvalue weighted by atomic mass is 10.1. The van der Waals surface area contributed by atoms with Crippen molar-refractivity contribution < 1.29 is 9.90 Å². The first-order valence-electron chi connectivity index (χ1n) is 6.07. The molecule has 0 saturated carbocycles. The standard InChI is InChI=1S/C15H14BrNO2S/c16-14-7-5-13(20-14)6-8-15(19)17-9-11-1-3-12(10-18)4-2-11/h1-8,18H,9-10H2,(H,17,19)/b8-6+. The van der Waals surface area contributed by atoms with Crippen LogP contribution in [-0.2, 0) is 17.9 Å². The number of hydrogen-bond acceptors (Lipinski definition) is 3. The van der Waals surface area contributed by atoms with Crippen molar-refractivity contribution in [1.82, 2.24) is 5.32 Å². The maximum Gasteiger partial charge on any atom is 0.244 e. The van der Waals surface area contributed by atoms with Gasteiger partial charge in [0.15, 0.2) is 0 Å². The van der Waals surface area contributed by atoms with Gasteiger partial charge in [0.05, 0.1) is 10.4 Å². The highest BCUT2D eigenvalue weighted by molar-refractivity contribution is 9.11. The van der Waals surface area contributed by atoms with E-state index in [-0.39, 0.29) is 12.5 Å². The third kappa shape index (κ3) is 4.59. The van der Waals surface area contributed by atoms with Gasteiger partial charge in [0.25, 0.3) is 0 Å². The summed E-state index contributed by atoms with van der Waals surface area (Å²) in [5.74, 6) is -0.124. The zero-order valence-corrected chi connectivity index (χ0v) is 13.1. The van der Waals surface area contributed by atoms with Gasteiger partial charge in [0, 0.05) is 17.5 Å². The monoisotopic (exact) mass is 351 g/mol. The fraction of sp³-hybridized carbons (Fsp3) is 0.133. The average molecular weight is 352 g/mol. The molecule has 1 heterocycles. The molecule has 1 amide bonds. The number of aliphatic hydroxyl groups is 1. The third-order valence-electron chi connectivity index (χ3n) is 2.67. The molecule has 0 fully saturated rings. The maximum absolute atomic E-state index is 11.7. The van der Waals surface area contributed by atoms with E-state index in [0.717, 1.165) is 19.8 Å². The van der Waals surface area contributed by atoms with Crippen LogP contribution in [0.4, 0.5) is 0 Å². The molecule has 2 N–H and O–H groups in total. The Morgan fingerprint density at radius 1 is 1.20 bits per heavy atom. The second-order valence-electron chi connectivity index (χ2n) is 4.17. The zero-order valence-electron chi connectivity index (χ0n) is 10.7. The molecule has 0 unspecified atom stereocenters. The second-order valence-corrected chi connectivity index (χ2v) is 6.66. The number of rotatable bonds is 5. The van der Waals surface area contributed by atoms with Crippen molar-refractivity contribution in [2.75, 3.05) is 0 Å². The van der Waals surface area contributed by atoms with Gasteiger partial charge in [0.1, 0.15) is 0 Å². The largest absolute Gasteiger partial charge is 0.392 e. The van der Waals surface area contributed by atoms with E-state index < -0.39 is 0 Å². The molecule has 0 radical (unpaired) electrons. The van der Waals surface area contributed by atoms with E-state index >= 15 is 0 Å². The highest BCUT2D eigenvalue weighted by Gasteiger charge is 1.98. The third-order valence-corrected chi connectivity index (χ3v) is 4.25. The molecular weight excluding hydrogens is 338 g/mol. The van der Waals surface area contributed by atoms with Crippen molar-refractivity contribution in [1.29, 1.82) is 0 Å². The number of nitrogens with one attached hydrogen (secondary N) is 1. The minimum Gasteiger partial charge on any atom is -0.392 e. The molecular formula is C15H14BrNO2S. The number of carbonyl (C=O) groups excluding carboxylic acids is 1. The summed E-state index contributed by atoms with van der Waals surface area (Å²) in [5, 5.41) is 11.8. The Kier molecular flexibility index (Phi) is 5.52. The topological polar surface area (TPSA) is 49.3 Å². The zero-order chi connectivity index (χ0) is 14.4. The van der Waals surface area contributed by atoms with Gasteiger partial charge >= 0.3 is 0 Å². The fourth-order valence-corrected chi connectivity index (χ4v) is 2.91. The van der Waals surface area contributed by atoms with E-state index in [1.165, 1.54) is 6.08 Å². The summed E-state index contributed by atoms with van der Waals surface area (Å²) in [6, 6.07) is 11.4. The van der Waals surface area contributed by atoms with Gasteiger partial charge < -0.3 is 10.4 Å². The van der Waals surface area contributed by atoms with E-state index in [1.807, 2.05) is 36.4 Å². The van der Waals surface area contributed by atoms with Gasteiger partial charge in [-0.2, -0.15) is 0 Å². The minimum atomic E-state index is -0.124. The van der Waals surface area contributed by atoms with Crippen LogP contribution in [0.15, 0.2) is 46.3 Å². The quantitative estimate of drug-likeness (QED) is 0.811. The summed E-state index contributed by atoms with van der Waals surface area (Å²) in [5.41, 5.74) is 1.87. The molecule has 0 atom stereocenters. The highest BCUT2D eigenvalue weighted by atomic mass is 79.9. The Morgan fingerprint density at radius 3 is 2.50 bits per heavy atom. The van der Waals surface area contributed by atoms with E-state index in [4.69, 9.17) is 5.11 Å². The van der Waals surface area contributed by atoms with Crippen LogP contribution in [0.1, 0.15) is 16.0 Å². The average Bonchev–Trinajstić information content (AvgIpc) is 2.89. The van der Waals surface area contributed by atoms with Gasteiger partial charge in [-0.25, -0.2) is 0 Å². The molecule has 104 valence electrons. The van der Waals surface area contributed by atoms with Crippen LogP contribution in [0.5, 0.6) is 0 Å². The number of hydrogen-bond donors (Lipinski definition) is 2. The van der Waals surface area contributed by atoms with Crippen molar-refractivity contribution in [2.45, 2.75) is 13.2 Å². The Morgan fingerprint density at radius 2 is 1.90 bits per heavy atom. The number of thiophene rings is 1. The van der Waals surface area contributed by atoms with Gasteiger partial charge in [-0.15, -0.1) is 11.3 Å². The Hall–Kier alpha value is -1.43. The number of carbonyl (C=O) groups is 1. The molecule has 0 bridgehead atoms. The van der Waals surface area contributed by atoms with Crippen LogP contribution in [0.3, 0.4) is 0 Å². The highest BCUT2D eigenvalue weighted by Crippen LogP contribution is 2.22. The smallest absolute Gasteiger partial charge is 0.244 e. The van der Waals surface area contributed by atoms with E-state index in [1.54, 1.807) is 17.4 Å². The Bertz CT molecular complexity index is 605. The van der Waals surface area contributed by atoms with E-state index in [0.29, 0.717) is 6.54 Å². The summed E-state index contributed by atoms with van der Waals surface area (Å²) >= 11 is 4.95. The van der Waals surface area contributed by atoms with Crippen LogP contribution in [-0.4, -0.2) is 11.0 Å². The summed E-state index contributed by atoms with van der Waals surface area (Å²) in [6.07, 6.45) is 3.32. The van der Waals surface area contributed by atoms with Crippen molar-refractivity contribution >= 4 is 39.2 Å². The second kappa shape index (κ2) is 7.38. The van der Waals surface area contributed by atoms with Crippen LogP contribution < -0.4 is 5.32 Å². The molecule has 0 aliphatic heterocycles. The molecule has 0 aliphatic carbocycles. The first kappa shape index (κ1) is 15.0. The summed E-state index contributed by atoms with van der Waals surface area (Å²) in [6.45, 7) is 0.509. The minimum absolute atomic E-state index is 0.0335. The Labute approximate surface area is 130 Å². The fourth-order valence-electron chi connectivity index (χ4n) is 1.59. The molecule has 0 spiro atoms. The molecule has 0 aliphatic rings. The predicted octanol–water partition coefficient (Wildman–Crippen LogP) is 3.33. The molecule has 1 aromatic carbocycles. The van der Waals surface area contributed by atoms with Gasteiger partial charge in [-0.05, 0) is 45.3 Å². The molecule has 20 heavy (non-hydrogen) atoms. The van der Waals surface area contributed by atoms with Crippen LogP contribution in [0.25, 0.3) is 6.08 Å². The maximum atomic E-state index is 11.7. The molecule has 2 aromatic rings. The van der Waals surface area contributed by atoms with E-state index in [9.17, 15) is 4.79 Å². The SMILES string of the molecule is O=C(/C=C/c1ccc(Br)s1)NCc1ccc(CO)cc1. The van der Waals surface area contributed by atoms with Crippen molar-refractivity contribution in [3.63, 3.8) is 0 Å². The van der Waals surface area contributed by atoms with Gasteiger partial charge in [0.2, 0.25) is 5.91 Å². The predicted molar refractivity (Wildman–Crippen MR) is 85.3 cm³/mol. The number of amides is 1. The Balaban J connectivity index is 1.83. The summed E-state index contributed by atoms with van der Waals surface area (Å²) in [4.78, 5) is 12.7. The molecule has 3 nitrogen and oxygen atoms in total. The van der Waals surface area contributed by atoms with Gasteiger partial charge in [-0.1, -0.05) is 24.3 Å². The number of benzene rings is 1. The summed E-state index contributed by atoms with van der Waals surface area (Å²) in [7, 11) is 0. The number of aliphatic hydroxyl groups excluding tert-OH is 1. The van der Waals surface area contributed by atoms with Crippen LogP contribution >= 0.6 is 27.3 Å². The number of halogens is 1. The van der Waals surface area contributed by atoms with Gasteiger partial charge in [-0.3, -0.25) is 4.79 Å². The van der Waals surface area contributed by atoms with E-state index in [2.05, 4.69) is 21.2 Å². The first-order chi connectivity index (χ1) is 9.67. The molecule has 1 aromatic heterocycles. The lowest BCUT2D eigenvalue weighted by Crippen LogP contribution is -2.20. The summed E-state index contributed by atoms with van der Waals surface area (Å²) < 4.78 is 1.04. The molecule has 0 saturated heterocycles. The normalized spacial score (nSPS) is 10.9. The van der Waals surface area contributed by atoms with Crippen LogP contribution in [0.2, 0.25) is 0 Å². The first-order valence-corrected chi connectivity index (χ1v) is 7.68. The lowest BCUT2D eigenvalue weighted by Gasteiger charge is -2.03. The molecule has 5 heteroatoms. The van der Waals surface area contributed by atoms with Crippen molar-refractivity contribution in [3.8, 4) is 0 Å². The van der Waals surface area contributed by atoms with Crippen molar-refractivity contribution in [2.24, 2.45) is 0 Å².